The number of nitrogens with zero attached hydrogens (tertiary/aromatic N) is 2. The van der Waals surface area contributed by atoms with Gasteiger partial charge in [0.2, 0.25) is 0 Å². The molecule has 1 fully saturated rings. The van der Waals surface area contributed by atoms with Crippen LogP contribution in [0.5, 0.6) is 5.75 Å². The first-order chi connectivity index (χ1) is 8.31. The van der Waals surface area contributed by atoms with Gasteiger partial charge in [-0.1, -0.05) is 0 Å². The zero-order valence-electron chi connectivity index (χ0n) is 10.0. The summed E-state index contributed by atoms with van der Waals surface area (Å²) in [6.07, 6.45) is 4.10. The van der Waals surface area contributed by atoms with Crippen LogP contribution in [-0.4, -0.2) is 49.3 Å². The number of pyridine rings is 1. The first-order valence-electron chi connectivity index (χ1n) is 5.85. The van der Waals surface area contributed by atoms with Gasteiger partial charge in [0.05, 0.1) is 37.9 Å². The Kier molecular flexibility index (Phi) is 4.14. The summed E-state index contributed by atoms with van der Waals surface area (Å²) in [5, 5.41) is 3.38. The van der Waals surface area contributed by atoms with Crippen LogP contribution >= 0.6 is 0 Å². The molecule has 1 aliphatic heterocycles. The highest BCUT2D eigenvalue weighted by Crippen LogP contribution is 2.18. The lowest BCUT2D eigenvalue weighted by Crippen LogP contribution is -2.54. The van der Waals surface area contributed by atoms with Crippen molar-refractivity contribution in [3.8, 4) is 5.75 Å². The van der Waals surface area contributed by atoms with Gasteiger partial charge in [-0.25, -0.2) is 0 Å². The molecule has 5 heteroatoms. The number of methoxy groups -OCH3 is 1. The molecule has 0 aliphatic carbocycles. The molecule has 0 amide bonds. The fourth-order valence-corrected chi connectivity index (χ4v) is 1.97. The lowest BCUT2D eigenvalue weighted by molar-refractivity contribution is 0.155. The van der Waals surface area contributed by atoms with Crippen LogP contribution in [-0.2, 0) is 0 Å². The monoisotopic (exact) mass is 239 g/mol. The fraction of sp³-hybridized carbons (Fsp3) is 0.583. The van der Waals surface area contributed by atoms with Crippen molar-refractivity contribution in [1.82, 2.24) is 9.88 Å². The van der Waals surface area contributed by atoms with Gasteiger partial charge in [-0.3, -0.25) is 14.3 Å². The number of aromatic nitrogens is 1. The van der Waals surface area contributed by atoms with E-state index in [1.54, 1.807) is 19.5 Å². The highest BCUT2D eigenvalue weighted by atomic mass is 19.1. The van der Waals surface area contributed by atoms with Crippen LogP contribution in [0, 0.1) is 0 Å². The lowest BCUT2D eigenvalue weighted by atomic mass is 10.1. The minimum absolute atomic E-state index is 0.228. The Bertz CT molecular complexity index is 355. The average molecular weight is 239 g/mol. The molecule has 1 N–H and O–H groups in total. The summed E-state index contributed by atoms with van der Waals surface area (Å²) in [7, 11) is 1.63. The Morgan fingerprint density at radius 2 is 2.35 bits per heavy atom. The number of nitrogens with one attached hydrogen (secondary N) is 1. The molecule has 94 valence electrons. The molecule has 0 atom stereocenters. The maximum absolute atomic E-state index is 12.0. The second kappa shape index (κ2) is 5.82. The topological polar surface area (TPSA) is 37.4 Å². The summed E-state index contributed by atoms with van der Waals surface area (Å²) >= 11 is 0. The standard InChI is InChI=1S/C12H18FN3O/c1-17-12-5-10(6-14-7-12)15-11-8-16(9-11)4-2-3-13/h5-7,11,15H,2-4,8-9H2,1H3. The first-order valence-corrected chi connectivity index (χ1v) is 5.85. The Balaban J connectivity index is 1.75. The van der Waals surface area contributed by atoms with E-state index < -0.39 is 0 Å². The molecule has 0 bridgehead atoms. The molecule has 2 heterocycles. The van der Waals surface area contributed by atoms with Crippen molar-refractivity contribution in [2.24, 2.45) is 0 Å². The minimum atomic E-state index is -0.228. The number of hydrogen-bond donors (Lipinski definition) is 1. The van der Waals surface area contributed by atoms with Crippen molar-refractivity contribution in [2.75, 3.05) is 38.7 Å². The predicted molar refractivity (Wildman–Crippen MR) is 65.2 cm³/mol. The van der Waals surface area contributed by atoms with Gasteiger partial charge < -0.3 is 10.1 Å². The molecule has 4 nitrogen and oxygen atoms in total. The fourth-order valence-electron chi connectivity index (χ4n) is 1.97. The molecular formula is C12H18FN3O. The van der Waals surface area contributed by atoms with Gasteiger partial charge in [-0.05, 0) is 6.42 Å². The van der Waals surface area contributed by atoms with E-state index in [2.05, 4.69) is 15.2 Å². The largest absolute Gasteiger partial charge is 0.495 e. The maximum atomic E-state index is 12.0. The Labute approximate surface area is 101 Å². The van der Waals surface area contributed by atoms with Crippen LogP contribution in [0.4, 0.5) is 10.1 Å². The van der Waals surface area contributed by atoms with Crippen molar-refractivity contribution in [3.05, 3.63) is 18.5 Å². The van der Waals surface area contributed by atoms with E-state index in [4.69, 9.17) is 4.74 Å². The van der Waals surface area contributed by atoms with Crippen LogP contribution in [0.15, 0.2) is 18.5 Å². The number of alkyl halides is 1. The van der Waals surface area contributed by atoms with Crippen molar-refractivity contribution in [2.45, 2.75) is 12.5 Å². The molecule has 0 aromatic carbocycles. The van der Waals surface area contributed by atoms with Gasteiger partial charge in [0.15, 0.2) is 0 Å². The quantitative estimate of drug-likeness (QED) is 0.817. The normalized spacial score (nSPS) is 16.6. The van der Waals surface area contributed by atoms with E-state index in [0.717, 1.165) is 31.1 Å². The van der Waals surface area contributed by atoms with Crippen molar-refractivity contribution in [3.63, 3.8) is 0 Å². The number of hydrogen-bond acceptors (Lipinski definition) is 4. The van der Waals surface area contributed by atoms with E-state index in [0.29, 0.717) is 12.5 Å². The number of anilines is 1. The van der Waals surface area contributed by atoms with Gasteiger partial charge >= 0.3 is 0 Å². The van der Waals surface area contributed by atoms with Gasteiger partial charge in [-0.2, -0.15) is 0 Å². The molecule has 0 radical (unpaired) electrons. The molecule has 0 spiro atoms. The third-order valence-corrected chi connectivity index (χ3v) is 2.88. The zero-order chi connectivity index (χ0) is 12.1. The van der Waals surface area contributed by atoms with Crippen molar-refractivity contribution in [1.29, 1.82) is 0 Å². The van der Waals surface area contributed by atoms with Crippen LogP contribution < -0.4 is 10.1 Å². The van der Waals surface area contributed by atoms with E-state index in [1.165, 1.54) is 0 Å². The highest BCUT2D eigenvalue weighted by molar-refractivity contribution is 5.46. The lowest BCUT2D eigenvalue weighted by Gasteiger charge is -2.40. The second-order valence-corrected chi connectivity index (χ2v) is 4.26. The number of ether oxygens (including phenoxy) is 1. The summed E-state index contributed by atoms with van der Waals surface area (Å²) < 4.78 is 17.1. The van der Waals surface area contributed by atoms with Gasteiger partial charge in [0.25, 0.3) is 0 Å². The maximum Gasteiger partial charge on any atom is 0.139 e. The van der Waals surface area contributed by atoms with Gasteiger partial charge in [-0.15, -0.1) is 0 Å². The molecule has 0 saturated carbocycles. The molecule has 17 heavy (non-hydrogen) atoms. The first kappa shape index (κ1) is 12.1. The third kappa shape index (κ3) is 3.30. The van der Waals surface area contributed by atoms with E-state index in [1.807, 2.05) is 6.07 Å². The van der Waals surface area contributed by atoms with E-state index in [-0.39, 0.29) is 6.67 Å². The van der Waals surface area contributed by atoms with Crippen LogP contribution in [0.3, 0.4) is 0 Å². The van der Waals surface area contributed by atoms with E-state index >= 15 is 0 Å². The van der Waals surface area contributed by atoms with Crippen LogP contribution in [0.2, 0.25) is 0 Å². The molecule has 2 rings (SSSR count). The number of halogens is 1. The summed E-state index contributed by atoms with van der Waals surface area (Å²) in [4.78, 5) is 6.33. The summed E-state index contributed by atoms with van der Waals surface area (Å²) in [6, 6.07) is 2.36. The number of likely N-dealkylation sites (tertiary alicyclic amines) is 1. The minimum Gasteiger partial charge on any atom is -0.495 e. The number of rotatable bonds is 6. The van der Waals surface area contributed by atoms with Crippen molar-refractivity contribution >= 4 is 5.69 Å². The molecule has 1 aromatic heterocycles. The summed E-state index contributed by atoms with van der Waals surface area (Å²) in [5.74, 6) is 0.753. The zero-order valence-corrected chi connectivity index (χ0v) is 10.0. The third-order valence-electron chi connectivity index (χ3n) is 2.88. The smallest absolute Gasteiger partial charge is 0.139 e. The second-order valence-electron chi connectivity index (χ2n) is 4.26. The molecule has 1 aliphatic rings. The average Bonchev–Trinajstić information content (AvgIpc) is 2.32. The molecule has 1 saturated heterocycles. The van der Waals surface area contributed by atoms with E-state index in [9.17, 15) is 4.39 Å². The van der Waals surface area contributed by atoms with Gasteiger partial charge in [0.1, 0.15) is 5.75 Å². The van der Waals surface area contributed by atoms with Crippen LogP contribution in [0.25, 0.3) is 0 Å². The molecule has 0 unspecified atom stereocenters. The Hall–Kier alpha value is -1.36. The molecule has 1 aromatic rings. The van der Waals surface area contributed by atoms with Crippen LogP contribution in [0.1, 0.15) is 6.42 Å². The summed E-state index contributed by atoms with van der Waals surface area (Å²) in [6.45, 7) is 2.56. The summed E-state index contributed by atoms with van der Waals surface area (Å²) in [5.41, 5.74) is 0.972. The molecular weight excluding hydrogens is 221 g/mol. The van der Waals surface area contributed by atoms with Crippen molar-refractivity contribution < 1.29 is 9.13 Å². The van der Waals surface area contributed by atoms with Gasteiger partial charge in [0, 0.05) is 25.7 Å². The predicted octanol–water partition coefficient (Wildman–Crippen LogP) is 1.55. The Morgan fingerprint density at radius 3 is 3.06 bits per heavy atom. The SMILES string of the molecule is COc1cncc(NC2CN(CCCF)C2)c1. The Morgan fingerprint density at radius 1 is 1.53 bits per heavy atom. The highest BCUT2D eigenvalue weighted by Gasteiger charge is 2.25.